The van der Waals surface area contributed by atoms with Crippen LogP contribution in [0.1, 0.15) is 78.1 Å². The van der Waals surface area contributed by atoms with Gasteiger partial charge in [-0.1, -0.05) is 0 Å². The molecule has 2 aromatic rings. The molecule has 56 heavy (non-hydrogen) atoms. The van der Waals surface area contributed by atoms with Gasteiger partial charge in [-0.3, -0.25) is 4.79 Å². The summed E-state index contributed by atoms with van der Waals surface area (Å²) in [5, 5.41) is 0. The Morgan fingerprint density at radius 3 is 2.23 bits per heavy atom. The Labute approximate surface area is 331 Å². The lowest BCUT2D eigenvalue weighted by molar-refractivity contribution is -0.0412. The van der Waals surface area contributed by atoms with Gasteiger partial charge in [-0.05, 0) is 109 Å². The number of anilines is 1. The molecule has 0 aliphatic carbocycles. The van der Waals surface area contributed by atoms with Gasteiger partial charge in [0.05, 0.1) is 11.8 Å². The number of fused-ring (bicyclic) bond motifs is 1. The van der Waals surface area contributed by atoms with Crippen LogP contribution in [0.4, 0.5) is 15.0 Å². The van der Waals surface area contributed by atoms with Gasteiger partial charge in [-0.2, -0.15) is 17.0 Å². The Morgan fingerprint density at radius 2 is 1.61 bits per heavy atom. The molecule has 2 amide bonds. The van der Waals surface area contributed by atoms with Crippen molar-refractivity contribution in [3.05, 3.63) is 42.1 Å². The van der Waals surface area contributed by atoms with Crippen LogP contribution >= 0.6 is 0 Å². The first-order valence-corrected chi connectivity index (χ1v) is 21.6. The minimum atomic E-state index is -3.56. The molecular weight excluding hydrogens is 740 g/mol. The van der Waals surface area contributed by atoms with Crippen LogP contribution in [0, 0.1) is 29.0 Å². The molecule has 1 spiro atoms. The van der Waals surface area contributed by atoms with Gasteiger partial charge in [0.25, 0.3) is 16.1 Å². The maximum atomic E-state index is 14.5. The van der Waals surface area contributed by atoms with Crippen LogP contribution in [0.3, 0.4) is 0 Å². The monoisotopic (exact) mass is 798 g/mol. The summed E-state index contributed by atoms with van der Waals surface area (Å²) in [7, 11) is -3.56. The number of aromatic nitrogens is 2. The standard InChI is InChI=1S/C40H59FN8O6S/c1-27(2)49(28(3)4)37(50)33-16-32(41)8-9-34(33)54-35-17-42-26-43-36(35)45-13-10-29(19-45)18-44-24-40(25-44)11-14-47(15-12-40)56(52,53)48-22-30-20-46(21-31(30)23-48)38(51)55-39(5,6)7/h8-9,16-17,26-31H,10-15,18-25H2,1-7H3/t29-,30?,31?/m0/s1. The Morgan fingerprint density at radius 1 is 0.946 bits per heavy atom. The first-order valence-electron chi connectivity index (χ1n) is 20.2. The van der Waals surface area contributed by atoms with Crippen molar-refractivity contribution in [2.75, 3.05) is 76.9 Å². The van der Waals surface area contributed by atoms with E-state index in [9.17, 15) is 22.4 Å². The normalized spacial score (nSPS) is 24.6. The van der Waals surface area contributed by atoms with E-state index >= 15 is 0 Å². The third-order valence-corrected chi connectivity index (χ3v) is 14.1. The van der Waals surface area contributed by atoms with E-state index in [-0.39, 0.29) is 52.6 Å². The predicted octanol–water partition coefficient (Wildman–Crippen LogP) is 4.93. The first kappa shape index (κ1) is 40.6. The molecule has 5 saturated heterocycles. The van der Waals surface area contributed by atoms with Gasteiger partial charge in [0, 0.05) is 84.1 Å². The maximum Gasteiger partial charge on any atom is 0.410 e. The molecule has 0 bridgehead atoms. The fraction of sp³-hybridized carbons (Fsp3) is 0.700. The molecule has 5 aliphatic rings. The van der Waals surface area contributed by atoms with Crippen molar-refractivity contribution in [1.82, 2.24) is 33.3 Å². The van der Waals surface area contributed by atoms with Crippen molar-refractivity contribution in [3.63, 3.8) is 0 Å². The van der Waals surface area contributed by atoms with Gasteiger partial charge in [-0.25, -0.2) is 19.2 Å². The van der Waals surface area contributed by atoms with Gasteiger partial charge in [0.2, 0.25) is 0 Å². The van der Waals surface area contributed by atoms with Crippen LogP contribution in [0.2, 0.25) is 0 Å². The molecule has 0 N–H and O–H groups in total. The highest BCUT2D eigenvalue weighted by Gasteiger charge is 2.51. The number of amides is 2. The zero-order chi connectivity index (χ0) is 40.2. The second-order valence-electron chi connectivity index (χ2n) is 18.3. The van der Waals surface area contributed by atoms with E-state index < -0.39 is 21.6 Å². The average molecular weight is 799 g/mol. The highest BCUT2D eigenvalue weighted by molar-refractivity contribution is 7.86. The molecule has 1 aromatic carbocycles. The zero-order valence-corrected chi connectivity index (χ0v) is 34.8. The quantitative estimate of drug-likeness (QED) is 0.326. The number of piperidine rings is 1. The van der Waals surface area contributed by atoms with E-state index in [1.807, 2.05) is 48.5 Å². The lowest BCUT2D eigenvalue weighted by Crippen LogP contribution is -2.62. The smallest absolute Gasteiger partial charge is 0.410 e. The molecule has 14 nitrogen and oxygen atoms in total. The number of hydrogen-bond acceptors (Lipinski definition) is 10. The molecular formula is C40H59FN8O6S. The van der Waals surface area contributed by atoms with Crippen LogP contribution in [0.5, 0.6) is 11.5 Å². The van der Waals surface area contributed by atoms with E-state index in [1.165, 1.54) is 24.5 Å². The molecule has 5 aliphatic heterocycles. The molecule has 1 aromatic heterocycles. The fourth-order valence-electron chi connectivity index (χ4n) is 9.56. The van der Waals surface area contributed by atoms with Crippen molar-refractivity contribution < 1.29 is 31.9 Å². The summed E-state index contributed by atoms with van der Waals surface area (Å²) in [5.74, 6) is 1.20. The maximum absolute atomic E-state index is 14.5. The average Bonchev–Trinajstić information content (AvgIpc) is 3.84. The summed E-state index contributed by atoms with van der Waals surface area (Å²) < 4.78 is 57.1. The van der Waals surface area contributed by atoms with Crippen LogP contribution in [-0.2, 0) is 14.9 Å². The molecule has 308 valence electrons. The third kappa shape index (κ3) is 8.48. The molecule has 6 heterocycles. The predicted molar refractivity (Wildman–Crippen MR) is 210 cm³/mol. The zero-order valence-electron chi connectivity index (χ0n) is 34.0. The van der Waals surface area contributed by atoms with E-state index in [1.54, 1.807) is 24.6 Å². The van der Waals surface area contributed by atoms with Gasteiger partial charge < -0.3 is 29.1 Å². The van der Waals surface area contributed by atoms with Crippen molar-refractivity contribution in [2.24, 2.45) is 23.2 Å². The van der Waals surface area contributed by atoms with Crippen LogP contribution in [0.25, 0.3) is 0 Å². The Hall–Kier alpha value is -3.60. The molecule has 3 atom stereocenters. The molecule has 2 unspecified atom stereocenters. The number of carbonyl (C=O) groups excluding carboxylic acids is 2. The van der Waals surface area contributed by atoms with Crippen molar-refractivity contribution >= 4 is 28.0 Å². The van der Waals surface area contributed by atoms with Crippen LogP contribution in [0.15, 0.2) is 30.7 Å². The highest BCUT2D eigenvalue weighted by Crippen LogP contribution is 2.43. The molecule has 5 fully saturated rings. The van der Waals surface area contributed by atoms with Crippen molar-refractivity contribution in [2.45, 2.75) is 85.4 Å². The minimum absolute atomic E-state index is 0.0797. The number of carbonyl (C=O) groups is 2. The van der Waals surface area contributed by atoms with Crippen LogP contribution < -0.4 is 9.64 Å². The number of benzene rings is 1. The number of likely N-dealkylation sites (tertiary alicyclic amines) is 2. The lowest BCUT2D eigenvalue weighted by Gasteiger charge is -2.54. The number of rotatable bonds is 10. The summed E-state index contributed by atoms with van der Waals surface area (Å²) in [6, 6.07) is 3.85. The van der Waals surface area contributed by atoms with Gasteiger partial charge in [-0.15, -0.1) is 0 Å². The summed E-state index contributed by atoms with van der Waals surface area (Å²) in [6.07, 6.45) is 5.47. The minimum Gasteiger partial charge on any atom is -0.451 e. The largest absolute Gasteiger partial charge is 0.451 e. The van der Waals surface area contributed by atoms with E-state index in [0.29, 0.717) is 56.8 Å². The summed E-state index contributed by atoms with van der Waals surface area (Å²) >= 11 is 0. The molecule has 16 heteroatoms. The van der Waals surface area contributed by atoms with Gasteiger partial charge >= 0.3 is 6.09 Å². The van der Waals surface area contributed by atoms with Crippen molar-refractivity contribution in [3.8, 4) is 11.5 Å². The Balaban J connectivity index is 0.891. The number of ether oxygens (including phenoxy) is 2. The SMILES string of the molecule is CC(C)N(C(=O)c1cc(F)ccc1Oc1cncnc1N1CC[C@@H](CN2CC3(CCN(S(=O)(=O)N4CC5CN(C(=O)OC(C)(C)C)CC5C4)CC3)C2)C1)C(C)C. The summed E-state index contributed by atoms with van der Waals surface area (Å²) in [5.41, 5.74) is -0.251. The van der Waals surface area contributed by atoms with Crippen molar-refractivity contribution in [1.29, 1.82) is 0 Å². The summed E-state index contributed by atoms with van der Waals surface area (Å²) in [4.78, 5) is 43.1. The fourth-order valence-corrected chi connectivity index (χ4v) is 11.3. The first-order chi connectivity index (χ1) is 26.4. The number of hydrogen-bond donors (Lipinski definition) is 0. The lowest BCUT2D eigenvalue weighted by atomic mass is 9.72. The second kappa shape index (κ2) is 15.6. The van der Waals surface area contributed by atoms with E-state index in [0.717, 1.165) is 52.0 Å². The molecule has 0 saturated carbocycles. The van der Waals surface area contributed by atoms with Crippen LogP contribution in [-0.4, -0.2) is 143 Å². The Kier molecular flexibility index (Phi) is 11.3. The molecule has 7 rings (SSSR count). The Bertz CT molecular complexity index is 1850. The second-order valence-corrected chi connectivity index (χ2v) is 20.2. The topological polar surface area (TPSA) is 132 Å². The van der Waals surface area contributed by atoms with Gasteiger partial charge in [0.15, 0.2) is 11.6 Å². The summed E-state index contributed by atoms with van der Waals surface area (Å²) in [6.45, 7) is 20.8. The van der Waals surface area contributed by atoms with E-state index in [4.69, 9.17) is 9.47 Å². The van der Waals surface area contributed by atoms with E-state index in [2.05, 4.69) is 19.8 Å². The number of nitrogens with zero attached hydrogens (tertiary/aromatic N) is 8. The molecule has 0 radical (unpaired) electrons. The highest BCUT2D eigenvalue weighted by atomic mass is 32.2. The van der Waals surface area contributed by atoms with Gasteiger partial charge in [0.1, 0.15) is 23.5 Å². The third-order valence-electron chi connectivity index (χ3n) is 12.2. The number of halogens is 1.